The van der Waals surface area contributed by atoms with Gasteiger partial charge in [-0.2, -0.15) is 0 Å². The Kier molecular flexibility index (Phi) is 4.70. The van der Waals surface area contributed by atoms with E-state index in [1.54, 1.807) is 12.1 Å². The van der Waals surface area contributed by atoms with Crippen molar-refractivity contribution >= 4 is 34.7 Å². The van der Waals surface area contributed by atoms with Crippen LogP contribution in [0.25, 0.3) is 0 Å². The topological polar surface area (TPSA) is 81.0 Å². The first-order chi connectivity index (χ1) is 9.58. The number of hydrogen-bond acceptors (Lipinski definition) is 5. The second-order valence-electron chi connectivity index (χ2n) is 3.92. The zero-order valence-corrected chi connectivity index (χ0v) is 11.7. The first-order valence-corrected chi connectivity index (χ1v) is 6.46. The van der Waals surface area contributed by atoms with E-state index in [9.17, 15) is 10.1 Å². The highest BCUT2D eigenvalue weighted by atomic mass is 35.5. The minimum atomic E-state index is -0.604. The van der Waals surface area contributed by atoms with Crippen LogP contribution >= 0.6 is 23.2 Å². The van der Waals surface area contributed by atoms with Crippen LogP contribution in [-0.2, 0) is 6.42 Å². The molecular formula is C12H10Cl2N4O2. The van der Waals surface area contributed by atoms with E-state index in [0.29, 0.717) is 18.0 Å². The second kappa shape index (κ2) is 6.49. The van der Waals surface area contributed by atoms with Crippen LogP contribution in [0.4, 0.5) is 11.5 Å². The molecule has 8 heteroatoms. The number of aromatic nitrogens is 2. The lowest BCUT2D eigenvalue weighted by molar-refractivity contribution is -0.384. The van der Waals surface area contributed by atoms with E-state index in [1.165, 1.54) is 6.33 Å². The number of hydrogen-bond donors (Lipinski definition) is 1. The van der Waals surface area contributed by atoms with Crippen LogP contribution in [0.5, 0.6) is 0 Å². The quantitative estimate of drug-likeness (QED) is 0.520. The molecule has 2 aromatic rings. The van der Waals surface area contributed by atoms with Gasteiger partial charge in [0.15, 0.2) is 0 Å². The maximum atomic E-state index is 10.9. The van der Waals surface area contributed by atoms with Gasteiger partial charge in [0.05, 0.1) is 4.92 Å². The molecule has 20 heavy (non-hydrogen) atoms. The van der Waals surface area contributed by atoms with Gasteiger partial charge in [-0.05, 0) is 24.1 Å². The van der Waals surface area contributed by atoms with Gasteiger partial charge in [0.25, 0.3) is 0 Å². The van der Waals surface area contributed by atoms with Gasteiger partial charge in [-0.15, -0.1) is 0 Å². The maximum absolute atomic E-state index is 10.9. The lowest BCUT2D eigenvalue weighted by Crippen LogP contribution is -2.09. The fourth-order valence-electron chi connectivity index (χ4n) is 1.62. The molecule has 0 fully saturated rings. The van der Waals surface area contributed by atoms with Crippen LogP contribution in [0.3, 0.4) is 0 Å². The van der Waals surface area contributed by atoms with Crippen molar-refractivity contribution in [3.05, 3.63) is 56.4 Å². The maximum Gasteiger partial charge on any atom is 0.348 e. The largest absolute Gasteiger partial charge is 0.364 e. The monoisotopic (exact) mass is 312 g/mol. The predicted molar refractivity (Wildman–Crippen MR) is 77.3 cm³/mol. The summed E-state index contributed by atoms with van der Waals surface area (Å²) >= 11 is 11.5. The highest BCUT2D eigenvalue weighted by Gasteiger charge is 2.20. The second-order valence-corrected chi connectivity index (χ2v) is 4.72. The van der Waals surface area contributed by atoms with Crippen molar-refractivity contribution in [3.8, 4) is 0 Å². The van der Waals surface area contributed by atoms with Crippen molar-refractivity contribution in [2.24, 2.45) is 0 Å². The standard InChI is InChI=1S/C12H10Cl2N4O2/c13-9-3-1-8(2-4-9)5-6-15-12-10(18(19)20)11(14)16-7-17-12/h1-4,7H,5-6H2,(H,15,16,17). The molecule has 1 heterocycles. The third-order valence-electron chi connectivity index (χ3n) is 2.58. The highest BCUT2D eigenvalue weighted by Crippen LogP contribution is 2.28. The average molecular weight is 313 g/mol. The molecule has 0 atom stereocenters. The Bertz CT molecular complexity index is 619. The molecule has 0 aliphatic carbocycles. The summed E-state index contributed by atoms with van der Waals surface area (Å²) < 4.78 is 0. The summed E-state index contributed by atoms with van der Waals surface area (Å²) in [6.45, 7) is 0.482. The van der Waals surface area contributed by atoms with Crippen LogP contribution in [0.1, 0.15) is 5.56 Å². The molecule has 0 saturated carbocycles. The van der Waals surface area contributed by atoms with Crippen LogP contribution in [0, 0.1) is 10.1 Å². The molecule has 6 nitrogen and oxygen atoms in total. The fourth-order valence-corrected chi connectivity index (χ4v) is 1.95. The van der Waals surface area contributed by atoms with Gasteiger partial charge in [0.1, 0.15) is 6.33 Å². The number of nitrogens with zero attached hydrogens (tertiary/aromatic N) is 3. The van der Waals surface area contributed by atoms with Crippen molar-refractivity contribution in [1.29, 1.82) is 0 Å². The average Bonchev–Trinajstić information content (AvgIpc) is 2.40. The predicted octanol–water partition coefficient (Wildman–Crippen LogP) is 3.35. The highest BCUT2D eigenvalue weighted by molar-refractivity contribution is 6.31. The molecule has 104 valence electrons. The molecule has 0 unspecified atom stereocenters. The van der Waals surface area contributed by atoms with Gasteiger partial charge in [0.2, 0.25) is 11.0 Å². The van der Waals surface area contributed by atoms with E-state index >= 15 is 0 Å². The smallest absolute Gasteiger partial charge is 0.348 e. The SMILES string of the molecule is O=[N+]([O-])c1c(Cl)ncnc1NCCc1ccc(Cl)cc1. The first-order valence-electron chi connectivity index (χ1n) is 5.71. The Balaban J connectivity index is 2.02. The van der Waals surface area contributed by atoms with Crippen LogP contribution < -0.4 is 5.32 Å². The van der Waals surface area contributed by atoms with Crippen LogP contribution in [0.15, 0.2) is 30.6 Å². The molecule has 1 N–H and O–H groups in total. The Labute approximate surface area is 124 Å². The van der Waals surface area contributed by atoms with Crippen molar-refractivity contribution in [2.45, 2.75) is 6.42 Å². The lowest BCUT2D eigenvalue weighted by atomic mass is 10.1. The fraction of sp³-hybridized carbons (Fsp3) is 0.167. The van der Waals surface area contributed by atoms with E-state index in [1.807, 2.05) is 12.1 Å². The summed E-state index contributed by atoms with van der Waals surface area (Å²) in [6, 6.07) is 7.37. The van der Waals surface area contributed by atoms with E-state index in [4.69, 9.17) is 23.2 Å². The number of anilines is 1. The third-order valence-corrected chi connectivity index (χ3v) is 3.11. The summed E-state index contributed by atoms with van der Waals surface area (Å²) in [6.07, 6.45) is 1.86. The van der Waals surface area contributed by atoms with Gasteiger partial charge in [0, 0.05) is 11.6 Å². The lowest BCUT2D eigenvalue weighted by Gasteiger charge is -2.06. The molecule has 0 radical (unpaired) electrons. The summed E-state index contributed by atoms with van der Waals surface area (Å²) in [7, 11) is 0. The molecule has 1 aromatic carbocycles. The molecular weight excluding hydrogens is 303 g/mol. The van der Waals surface area contributed by atoms with Crippen molar-refractivity contribution in [3.63, 3.8) is 0 Å². The molecule has 1 aromatic heterocycles. The van der Waals surface area contributed by atoms with Gasteiger partial charge in [-0.25, -0.2) is 9.97 Å². The Hall–Kier alpha value is -1.92. The summed E-state index contributed by atoms with van der Waals surface area (Å²) in [5, 5.41) is 14.3. The molecule has 0 amide bonds. The summed E-state index contributed by atoms with van der Waals surface area (Å²) in [4.78, 5) is 17.7. The Morgan fingerprint density at radius 3 is 2.55 bits per heavy atom. The molecule has 0 aliphatic heterocycles. The zero-order valence-electron chi connectivity index (χ0n) is 10.2. The van der Waals surface area contributed by atoms with Crippen LogP contribution in [0.2, 0.25) is 10.2 Å². The summed E-state index contributed by atoms with van der Waals surface area (Å²) in [5.41, 5.74) is 0.745. The van der Waals surface area contributed by atoms with E-state index < -0.39 is 4.92 Å². The zero-order chi connectivity index (χ0) is 14.5. The Morgan fingerprint density at radius 2 is 1.90 bits per heavy atom. The molecule has 0 aliphatic rings. The van der Waals surface area contributed by atoms with Gasteiger partial charge >= 0.3 is 5.69 Å². The number of nitrogens with one attached hydrogen (secondary N) is 1. The van der Waals surface area contributed by atoms with Crippen LogP contribution in [-0.4, -0.2) is 21.4 Å². The third kappa shape index (κ3) is 3.55. The van der Waals surface area contributed by atoms with Crippen molar-refractivity contribution in [2.75, 3.05) is 11.9 Å². The minimum absolute atomic E-state index is 0.115. The van der Waals surface area contributed by atoms with E-state index in [-0.39, 0.29) is 16.7 Å². The number of rotatable bonds is 5. The number of halogens is 2. The molecule has 0 spiro atoms. The number of nitro groups is 1. The van der Waals surface area contributed by atoms with Gasteiger partial charge < -0.3 is 5.32 Å². The normalized spacial score (nSPS) is 10.3. The first kappa shape index (κ1) is 14.5. The van der Waals surface area contributed by atoms with Gasteiger partial charge in [-0.1, -0.05) is 35.3 Å². The van der Waals surface area contributed by atoms with E-state index in [0.717, 1.165) is 5.56 Å². The Morgan fingerprint density at radius 1 is 1.20 bits per heavy atom. The number of benzene rings is 1. The van der Waals surface area contributed by atoms with Gasteiger partial charge in [-0.3, -0.25) is 10.1 Å². The van der Waals surface area contributed by atoms with Crippen molar-refractivity contribution in [1.82, 2.24) is 9.97 Å². The summed E-state index contributed by atoms with van der Waals surface area (Å²) in [5.74, 6) is 0.115. The van der Waals surface area contributed by atoms with E-state index in [2.05, 4.69) is 15.3 Å². The molecule has 0 bridgehead atoms. The molecule has 2 rings (SSSR count). The van der Waals surface area contributed by atoms with Crippen molar-refractivity contribution < 1.29 is 4.92 Å². The molecule has 0 saturated heterocycles. The minimum Gasteiger partial charge on any atom is -0.364 e.